The molecule has 0 spiro atoms. The number of rotatable bonds is 6. The molecule has 2 nitrogen and oxygen atoms in total. The van der Waals surface area contributed by atoms with Crippen molar-refractivity contribution in [3.8, 4) is 0 Å². The van der Waals surface area contributed by atoms with Crippen LogP contribution in [0.3, 0.4) is 0 Å². The molecule has 1 saturated carbocycles. The molecule has 90 valence electrons. The summed E-state index contributed by atoms with van der Waals surface area (Å²) in [5.74, 6) is 0.648. The first-order valence-corrected chi connectivity index (χ1v) is 6.45. The Bertz CT molecular complexity index is 173. The van der Waals surface area contributed by atoms with Crippen LogP contribution in [0.1, 0.15) is 52.9 Å². The molecule has 1 unspecified atom stereocenters. The molecule has 1 aliphatic carbocycles. The zero-order valence-electron chi connectivity index (χ0n) is 10.8. The number of hydrogen-bond acceptors (Lipinski definition) is 2. The maximum atomic E-state index is 5.86. The highest BCUT2D eigenvalue weighted by Crippen LogP contribution is 2.38. The number of nitrogens with one attached hydrogen (secondary N) is 1. The van der Waals surface area contributed by atoms with Gasteiger partial charge in [0, 0.05) is 13.2 Å². The van der Waals surface area contributed by atoms with Gasteiger partial charge in [-0.05, 0) is 31.7 Å². The van der Waals surface area contributed by atoms with E-state index in [1.165, 1.54) is 32.1 Å². The van der Waals surface area contributed by atoms with E-state index in [-0.39, 0.29) is 5.60 Å². The summed E-state index contributed by atoms with van der Waals surface area (Å²) in [5, 5.41) is 3.68. The summed E-state index contributed by atoms with van der Waals surface area (Å²) in [5.41, 5.74) is 0.114. The Morgan fingerprint density at radius 3 is 2.27 bits per heavy atom. The Balaban J connectivity index is 2.66. The topological polar surface area (TPSA) is 21.3 Å². The van der Waals surface area contributed by atoms with Crippen molar-refractivity contribution in [3.05, 3.63) is 0 Å². The average molecular weight is 213 g/mol. The summed E-state index contributed by atoms with van der Waals surface area (Å²) in [6, 6.07) is 0.518. The minimum Gasteiger partial charge on any atom is -0.377 e. The molecule has 0 aromatic heterocycles. The molecule has 0 saturated heterocycles. The van der Waals surface area contributed by atoms with E-state index in [2.05, 4.69) is 26.1 Å². The lowest BCUT2D eigenvalue weighted by Gasteiger charge is -2.39. The molecule has 0 amide bonds. The SMILES string of the molecule is CCCNC(C(C)C)C1(OC)CCCC1. The predicted octanol–water partition coefficient (Wildman–Crippen LogP) is 2.97. The maximum Gasteiger partial charge on any atom is 0.0833 e. The van der Waals surface area contributed by atoms with E-state index in [0.29, 0.717) is 12.0 Å². The molecule has 1 atom stereocenters. The summed E-state index contributed by atoms with van der Waals surface area (Å²) in [6.45, 7) is 7.92. The molecule has 1 N–H and O–H groups in total. The van der Waals surface area contributed by atoms with Crippen molar-refractivity contribution in [1.29, 1.82) is 0 Å². The average Bonchev–Trinajstić information content (AvgIpc) is 2.68. The van der Waals surface area contributed by atoms with Crippen LogP contribution >= 0.6 is 0 Å². The Kier molecular flexibility index (Phi) is 5.07. The van der Waals surface area contributed by atoms with E-state index in [1.807, 2.05) is 7.11 Å². The van der Waals surface area contributed by atoms with Gasteiger partial charge >= 0.3 is 0 Å². The van der Waals surface area contributed by atoms with E-state index in [9.17, 15) is 0 Å². The van der Waals surface area contributed by atoms with Gasteiger partial charge in [-0.25, -0.2) is 0 Å². The number of ether oxygens (including phenoxy) is 1. The summed E-state index contributed by atoms with van der Waals surface area (Å²) < 4.78 is 5.86. The lowest BCUT2D eigenvalue weighted by Crippen LogP contribution is -2.53. The highest BCUT2D eigenvalue weighted by molar-refractivity contribution is 4.98. The van der Waals surface area contributed by atoms with Gasteiger partial charge < -0.3 is 10.1 Å². The van der Waals surface area contributed by atoms with Gasteiger partial charge in [-0.1, -0.05) is 33.6 Å². The minimum atomic E-state index is 0.114. The molecule has 1 rings (SSSR count). The van der Waals surface area contributed by atoms with Crippen LogP contribution in [0.25, 0.3) is 0 Å². The Hall–Kier alpha value is -0.0800. The fourth-order valence-corrected chi connectivity index (χ4v) is 2.94. The monoisotopic (exact) mass is 213 g/mol. The lowest BCUT2D eigenvalue weighted by atomic mass is 9.84. The Morgan fingerprint density at radius 2 is 1.87 bits per heavy atom. The van der Waals surface area contributed by atoms with Crippen molar-refractivity contribution in [1.82, 2.24) is 5.32 Å². The van der Waals surface area contributed by atoms with Gasteiger partial charge in [0.2, 0.25) is 0 Å². The van der Waals surface area contributed by atoms with Crippen molar-refractivity contribution >= 4 is 0 Å². The molecule has 0 heterocycles. The van der Waals surface area contributed by atoms with Crippen LogP contribution < -0.4 is 5.32 Å². The first-order valence-electron chi connectivity index (χ1n) is 6.45. The van der Waals surface area contributed by atoms with Gasteiger partial charge in [0.1, 0.15) is 0 Å². The molecule has 0 radical (unpaired) electrons. The zero-order valence-corrected chi connectivity index (χ0v) is 10.8. The van der Waals surface area contributed by atoms with E-state index >= 15 is 0 Å². The largest absolute Gasteiger partial charge is 0.377 e. The Morgan fingerprint density at radius 1 is 1.27 bits per heavy atom. The van der Waals surface area contributed by atoms with E-state index in [1.54, 1.807) is 0 Å². The first-order chi connectivity index (χ1) is 7.16. The van der Waals surface area contributed by atoms with Crippen molar-refractivity contribution in [3.63, 3.8) is 0 Å². The second-order valence-electron chi connectivity index (χ2n) is 5.15. The quantitative estimate of drug-likeness (QED) is 0.732. The number of methoxy groups -OCH3 is 1. The third-order valence-electron chi connectivity index (χ3n) is 3.70. The molecule has 1 fully saturated rings. The highest BCUT2D eigenvalue weighted by atomic mass is 16.5. The van der Waals surface area contributed by atoms with E-state index in [4.69, 9.17) is 4.74 Å². The summed E-state index contributed by atoms with van der Waals surface area (Å²) >= 11 is 0. The van der Waals surface area contributed by atoms with Crippen LogP contribution in [0, 0.1) is 5.92 Å². The molecule has 0 aromatic rings. The fourth-order valence-electron chi connectivity index (χ4n) is 2.94. The Labute approximate surface area is 94.8 Å². The standard InChI is InChI=1S/C13H27NO/c1-5-10-14-12(11(2)3)13(15-4)8-6-7-9-13/h11-12,14H,5-10H2,1-4H3. The van der Waals surface area contributed by atoms with Crippen LogP contribution in [0.2, 0.25) is 0 Å². The van der Waals surface area contributed by atoms with Crippen molar-refractivity contribution in [2.24, 2.45) is 5.92 Å². The minimum absolute atomic E-state index is 0.114. The van der Waals surface area contributed by atoms with Gasteiger partial charge in [-0.3, -0.25) is 0 Å². The molecule has 0 aliphatic heterocycles. The second kappa shape index (κ2) is 5.86. The van der Waals surface area contributed by atoms with Crippen LogP contribution in [-0.4, -0.2) is 25.3 Å². The van der Waals surface area contributed by atoms with Gasteiger partial charge in [-0.15, -0.1) is 0 Å². The summed E-state index contributed by atoms with van der Waals surface area (Å²) in [4.78, 5) is 0. The highest BCUT2D eigenvalue weighted by Gasteiger charge is 2.42. The third kappa shape index (κ3) is 2.94. The molecule has 15 heavy (non-hydrogen) atoms. The van der Waals surface area contributed by atoms with Gasteiger partial charge in [-0.2, -0.15) is 0 Å². The van der Waals surface area contributed by atoms with Crippen molar-refractivity contribution < 1.29 is 4.74 Å². The van der Waals surface area contributed by atoms with Crippen LogP contribution in [0.4, 0.5) is 0 Å². The van der Waals surface area contributed by atoms with Crippen molar-refractivity contribution in [2.45, 2.75) is 64.5 Å². The van der Waals surface area contributed by atoms with Crippen molar-refractivity contribution in [2.75, 3.05) is 13.7 Å². The summed E-state index contributed by atoms with van der Waals surface area (Å²) in [7, 11) is 1.88. The van der Waals surface area contributed by atoms with E-state index < -0.39 is 0 Å². The molecule has 2 heteroatoms. The fraction of sp³-hybridized carbons (Fsp3) is 1.00. The van der Waals surface area contributed by atoms with Crippen LogP contribution in [0.5, 0.6) is 0 Å². The molecule has 1 aliphatic rings. The molecule has 0 aromatic carbocycles. The second-order valence-corrected chi connectivity index (χ2v) is 5.15. The van der Waals surface area contributed by atoms with Gasteiger partial charge in [0.15, 0.2) is 0 Å². The number of hydrogen-bond donors (Lipinski definition) is 1. The third-order valence-corrected chi connectivity index (χ3v) is 3.70. The summed E-state index contributed by atoms with van der Waals surface area (Å²) in [6.07, 6.45) is 6.30. The van der Waals surface area contributed by atoms with Crippen LogP contribution in [-0.2, 0) is 4.74 Å². The first kappa shape index (κ1) is 13.0. The predicted molar refractivity (Wildman–Crippen MR) is 65.1 cm³/mol. The molecular weight excluding hydrogens is 186 g/mol. The van der Waals surface area contributed by atoms with Gasteiger partial charge in [0.25, 0.3) is 0 Å². The van der Waals surface area contributed by atoms with E-state index in [0.717, 1.165) is 6.54 Å². The van der Waals surface area contributed by atoms with Crippen LogP contribution in [0.15, 0.2) is 0 Å². The lowest BCUT2D eigenvalue weighted by molar-refractivity contribution is -0.0477. The zero-order chi connectivity index (χ0) is 11.3. The maximum absolute atomic E-state index is 5.86. The normalized spacial score (nSPS) is 22.2. The molecule has 0 bridgehead atoms. The van der Waals surface area contributed by atoms with Gasteiger partial charge in [0.05, 0.1) is 5.60 Å². The smallest absolute Gasteiger partial charge is 0.0833 e. The molecular formula is C13H27NO.